The number of hydrogen-bond donors (Lipinski definition) is 0. The van der Waals surface area contributed by atoms with E-state index in [4.69, 9.17) is 0 Å². The third-order valence-corrected chi connectivity index (χ3v) is 1.65. The van der Waals surface area contributed by atoms with E-state index in [-0.39, 0.29) is 0 Å². The van der Waals surface area contributed by atoms with Gasteiger partial charge in [-0.15, -0.1) is 0 Å². The van der Waals surface area contributed by atoms with Gasteiger partial charge in [0.25, 0.3) is 0 Å². The highest BCUT2D eigenvalue weighted by molar-refractivity contribution is 4.63. The molecule has 2 heteroatoms. The minimum atomic E-state index is 0.826. The van der Waals surface area contributed by atoms with Crippen LogP contribution in [0.1, 0.15) is 19.8 Å². The van der Waals surface area contributed by atoms with Crippen molar-refractivity contribution in [2.24, 2.45) is 16.1 Å². The Bertz CT molecular complexity index is 88.5. The van der Waals surface area contributed by atoms with E-state index in [2.05, 4.69) is 17.2 Å². The van der Waals surface area contributed by atoms with Gasteiger partial charge in [-0.05, 0) is 12.3 Å². The van der Waals surface area contributed by atoms with Crippen LogP contribution in [0.15, 0.2) is 10.2 Å². The second kappa shape index (κ2) is 2.80. The van der Waals surface area contributed by atoms with Gasteiger partial charge in [0.05, 0.1) is 13.1 Å². The van der Waals surface area contributed by atoms with Crippen molar-refractivity contribution in [2.75, 3.05) is 13.1 Å². The van der Waals surface area contributed by atoms with E-state index in [1.165, 1.54) is 12.8 Å². The van der Waals surface area contributed by atoms with Gasteiger partial charge in [0, 0.05) is 0 Å². The van der Waals surface area contributed by atoms with Crippen molar-refractivity contribution in [3.63, 3.8) is 0 Å². The summed E-state index contributed by atoms with van der Waals surface area (Å²) in [4.78, 5) is 0. The van der Waals surface area contributed by atoms with Gasteiger partial charge < -0.3 is 0 Å². The molecule has 46 valence electrons. The standard InChI is InChI=1S/C6H12N2/c1-2-6-3-4-7-8-5-6/h6H,2-5H2,1H3. The van der Waals surface area contributed by atoms with Gasteiger partial charge in [0.2, 0.25) is 0 Å². The summed E-state index contributed by atoms with van der Waals surface area (Å²) in [5.41, 5.74) is 0. The first-order valence-electron chi connectivity index (χ1n) is 3.26. The van der Waals surface area contributed by atoms with Gasteiger partial charge in [0.1, 0.15) is 0 Å². The van der Waals surface area contributed by atoms with Crippen LogP contribution in [0.3, 0.4) is 0 Å². The minimum Gasteiger partial charge on any atom is -0.194 e. The van der Waals surface area contributed by atoms with Crippen LogP contribution < -0.4 is 0 Å². The van der Waals surface area contributed by atoms with E-state index in [1.54, 1.807) is 0 Å². The van der Waals surface area contributed by atoms with Crippen LogP contribution in [0.25, 0.3) is 0 Å². The molecule has 0 N–H and O–H groups in total. The molecule has 8 heavy (non-hydrogen) atoms. The summed E-state index contributed by atoms with van der Waals surface area (Å²) in [5, 5.41) is 7.85. The normalized spacial score (nSPS) is 28.4. The molecule has 1 unspecified atom stereocenters. The van der Waals surface area contributed by atoms with Crippen LogP contribution in [-0.2, 0) is 0 Å². The highest BCUT2D eigenvalue weighted by Gasteiger charge is 2.07. The summed E-state index contributed by atoms with van der Waals surface area (Å²) >= 11 is 0. The molecule has 0 saturated heterocycles. The Hall–Kier alpha value is -0.400. The Morgan fingerprint density at radius 1 is 1.50 bits per heavy atom. The first-order valence-corrected chi connectivity index (χ1v) is 3.26. The molecule has 0 amide bonds. The fourth-order valence-electron chi connectivity index (χ4n) is 0.909. The van der Waals surface area contributed by atoms with Gasteiger partial charge in [-0.2, -0.15) is 10.2 Å². The van der Waals surface area contributed by atoms with Gasteiger partial charge in [-0.25, -0.2) is 0 Å². The van der Waals surface area contributed by atoms with Gasteiger partial charge in [-0.1, -0.05) is 13.3 Å². The molecule has 0 aliphatic carbocycles. The smallest absolute Gasteiger partial charge is 0.0627 e. The number of nitrogens with zero attached hydrogens (tertiary/aromatic N) is 2. The van der Waals surface area contributed by atoms with Crippen molar-refractivity contribution in [1.29, 1.82) is 0 Å². The molecule has 0 radical (unpaired) electrons. The lowest BCUT2D eigenvalue weighted by molar-refractivity contribution is 0.442. The van der Waals surface area contributed by atoms with E-state index >= 15 is 0 Å². The van der Waals surface area contributed by atoms with E-state index < -0.39 is 0 Å². The zero-order valence-corrected chi connectivity index (χ0v) is 5.30. The molecule has 1 rings (SSSR count). The fraction of sp³-hybridized carbons (Fsp3) is 1.00. The van der Waals surface area contributed by atoms with Crippen LogP contribution in [-0.4, -0.2) is 13.1 Å². The first-order chi connectivity index (χ1) is 3.93. The first kappa shape index (κ1) is 5.73. The highest BCUT2D eigenvalue weighted by atomic mass is 15.1. The molecular weight excluding hydrogens is 100 g/mol. The Labute approximate surface area is 50.0 Å². The second-order valence-corrected chi connectivity index (χ2v) is 2.25. The van der Waals surface area contributed by atoms with Gasteiger partial charge in [-0.3, -0.25) is 0 Å². The summed E-state index contributed by atoms with van der Waals surface area (Å²) in [6.07, 6.45) is 2.51. The maximum Gasteiger partial charge on any atom is 0.0627 e. The van der Waals surface area contributed by atoms with Crippen LogP contribution >= 0.6 is 0 Å². The van der Waals surface area contributed by atoms with E-state index in [0.29, 0.717) is 0 Å². The Kier molecular flexibility index (Phi) is 2.00. The molecule has 2 nitrogen and oxygen atoms in total. The van der Waals surface area contributed by atoms with Crippen molar-refractivity contribution >= 4 is 0 Å². The predicted octanol–water partition coefficient (Wildman–Crippen LogP) is 1.87. The van der Waals surface area contributed by atoms with Crippen LogP contribution in [0.4, 0.5) is 0 Å². The molecule has 1 aliphatic heterocycles. The van der Waals surface area contributed by atoms with Crippen LogP contribution in [0.2, 0.25) is 0 Å². The molecule has 0 aromatic carbocycles. The molecule has 0 spiro atoms. The molecule has 0 fully saturated rings. The maximum atomic E-state index is 3.95. The minimum absolute atomic E-state index is 0.826. The van der Waals surface area contributed by atoms with Crippen molar-refractivity contribution in [1.82, 2.24) is 0 Å². The Morgan fingerprint density at radius 2 is 2.38 bits per heavy atom. The summed E-state index contributed by atoms with van der Waals surface area (Å²) in [6.45, 7) is 4.14. The monoisotopic (exact) mass is 112 g/mol. The van der Waals surface area contributed by atoms with Crippen molar-refractivity contribution in [2.45, 2.75) is 19.8 Å². The lowest BCUT2D eigenvalue weighted by Crippen LogP contribution is -2.08. The van der Waals surface area contributed by atoms with E-state index in [9.17, 15) is 0 Å². The average molecular weight is 112 g/mol. The average Bonchev–Trinajstić information content (AvgIpc) is 1.90. The highest BCUT2D eigenvalue weighted by Crippen LogP contribution is 2.12. The van der Waals surface area contributed by atoms with E-state index in [0.717, 1.165) is 19.0 Å². The van der Waals surface area contributed by atoms with Crippen molar-refractivity contribution in [3.8, 4) is 0 Å². The molecule has 1 atom stereocenters. The van der Waals surface area contributed by atoms with Gasteiger partial charge in [0.15, 0.2) is 0 Å². The van der Waals surface area contributed by atoms with Crippen molar-refractivity contribution < 1.29 is 0 Å². The fourth-order valence-corrected chi connectivity index (χ4v) is 0.909. The van der Waals surface area contributed by atoms with E-state index in [1.807, 2.05) is 0 Å². The third kappa shape index (κ3) is 1.29. The second-order valence-electron chi connectivity index (χ2n) is 2.25. The zero-order chi connectivity index (χ0) is 5.82. The van der Waals surface area contributed by atoms with Crippen LogP contribution in [0.5, 0.6) is 0 Å². The third-order valence-electron chi connectivity index (χ3n) is 1.65. The summed E-state index contributed by atoms with van der Waals surface area (Å²) in [7, 11) is 0. The SMILES string of the molecule is CCC1CCN=NC1. The quantitative estimate of drug-likeness (QED) is 0.494. The lowest BCUT2D eigenvalue weighted by atomic mass is 10.0. The summed E-state index contributed by atoms with van der Waals surface area (Å²) in [5.74, 6) is 0.826. The molecular formula is C6H12N2. The number of rotatable bonds is 1. The Balaban J connectivity index is 2.27. The molecule has 0 aromatic heterocycles. The summed E-state index contributed by atoms with van der Waals surface area (Å²) < 4.78 is 0. The molecule has 1 aliphatic rings. The molecule has 0 aromatic rings. The largest absolute Gasteiger partial charge is 0.194 e. The maximum absolute atomic E-state index is 3.95. The molecule has 1 heterocycles. The topological polar surface area (TPSA) is 24.7 Å². The van der Waals surface area contributed by atoms with Crippen LogP contribution in [0, 0.1) is 5.92 Å². The zero-order valence-electron chi connectivity index (χ0n) is 5.30. The molecule has 0 saturated carbocycles. The van der Waals surface area contributed by atoms with Gasteiger partial charge >= 0.3 is 0 Å². The summed E-state index contributed by atoms with van der Waals surface area (Å²) in [6, 6.07) is 0. The number of azo groups is 1. The lowest BCUT2D eigenvalue weighted by Gasteiger charge is -2.12. The van der Waals surface area contributed by atoms with Crippen molar-refractivity contribution in [3.05, 3.63) is 0 Å². The molecule has 0 bridgehead atoms. The Morgan fingerprint density at radius 3 is 2.75 bits per heavy atom. The predicted molar refractivity (Wildman–Crippen MR) is 33.0 cm³/mol. The number of hydrogen-bond acceptors (Lipinski definition) is 2.